The Morgan fingerprint density at radius 1 is 0.938 bits per heavy atom. The van der Waals surface area contributed by atoms with Crippen LogP contribution in [0, 0.1) is 24.2 Å². The summed E-state index contributed by atoms with van der Waals surface area (Å²) in [5, 5.41) is 3.14. The molecule has 0 saturated heterocycles. The molecule has 0 aromatic heterocycles. The Hall–Kier alpha value is -2.95. The minimum atomic E-state index is -0.357. The fourth-order valence-corrected chi connectivity index (χ4v) is 7.48. The molecule has 2 aromatic carbocycles. The number of amides is 3. The average molecular weight is 429 g/mol. The van der Waals surface area contributed by atoms with E-state index in [9.17, 15) is 14.4 Å². The molecule has 1 N–H and O–H groups in total. The van der Waals surface area contributed by atoms with Crippen LogP contribution < -0.4 is 5.32 Å². The molecule has 4 aliphatic carbocycles. The Morgan fingerprint density at radius 2 is 1.59 bits per heavy atom. The molecule has 3 amide bonds. The summed E-state index contributed by atoms with van der Waals surface area (Å²) in [7, 11) is 1.49. The number of rotatable bonds is 3. The van der Waals surface area contributed by atoms with Gasteiger partial charge in [-0.1, -0.05) is 29.8 Å². The quantitative estimate of drug-likeness (QED) is 0.721. The van der Waals surface area contributed by atoms with Crippen LogP contribution in [0.5, 0.6) is 0 Å². The van der Waals surface area contributed by atoms with Crippen LogP contribution in [0.3, 0.4) is 0 Å². The first-order valence-corrected chi connectivity index (χ1v) is 11.6. The monoisotopic (exact) mass is 428 g/mol. The third-order valence-corrected chi connectivity index (χ3v) is 8.55. The maximum Gasteiger partial charge on any atom is 0.261 e. The molecule has 5 aliphatic rings. The average Bonchev–Trinajstić information content (AvgIpc) is 2.97. The van der Waals surface area contributed by atoms with E-state index in [0.29, 0.717) is 28.7 Å². The number of anilines is 1. The smallest absolute Gasteiger partial charge is 0.261 e. The van der Waals surface area contributed by atoms with Crippen molar-refractivity contribution in [3.8, 4) is 0 Å². The summed E-state index contributed by atoms with van der Waals surface area (Å²) >= 11 is 0. The fourth-order valence-electron chi connectivity index (χ4n) is 7.48. The molecule has 1 aliphatic heterocycles. The van der Waals surface area contributed by atoms with Gasteiger partial charge in [-0.3, -0.25) is 19.3 Å². The van der Waals surface area contributed by atoms with Gasteiger partial charge in [-0.05, 0) is 86.5 Å². The van der Waals surface area contributed by atoms with Gasteiger partial charge in [0, 0.05) is 12.7 Å². The van der Waals surface area contributed by atoms with E-state index in [4.69, 9.17) is 0 Å². The molecule has 0 radical (unpaired) electrons. The molecule has 5 heteroatoms. The molecule has 4 bridgehead atoms. The van der Waals surface area contributed by atoms with Crippen molar-refractivity contribution in [1.82, 2.24) is 4.90 Å². The van der Waals surface area contributed by atoms with Crippen LogP contribution in [0.4, 0.5) is 5.69 Å². The summed E-state index contributed by atoms with van der Waals surface area (Å²) < 4.78 is 0. The molecule has 2 atom stereocenters. The molecule has 7 rings (SSSR count). The van der Waals surface area contributed by atoms with Crippen molar-refractivity contribution in [2.75, 3.05) is 12.4 Å². The largest absolute Gasteiger partial charge is 0.326 e. The number of imide groups is 1. The van der Waals surface area contributed by atoms with Gasteiger partial charge in [-0.15, -0.1) is 0 Å². The van der Waals surface area contributed by atoms with Crippen LogP contribution >= 0.6 is 0 Å². The Bertz CT molecular complexity index is 1150. The minimum absolute atomic E-state index is 0.0770. The Morgan fingerprint density at radius 3 is 2.28 bits per heavy atom. The van der Waals surface area contributed by atoms with Crippen molar-refractivity contribution < 1.29 is 14.4 Å². The highest BCUT2D eigenvalue weighted by Crippen LogP contribution is 2.66. The van der Waals surface area contributed by atoms with Gasteiger partial charge in [-0.25, -0.2) is 0 Å². The Balaban J connectivity index is 1.31. The number of fused-ring (bicyclic) bond motifs is 1. The molecule has 4 saturated carbocycles. The topological polar surface area (TPSA) is 66.5 Å². The first-order chi connectivity index (χ1) is 15.3. The zero-order chi connectivity index (χ0) is 22.3. The second-order valence-corrected chi connectivity index (χ2v) is 10.8. The predicted octanol–water partition coefficient (Wildman–Crippen LogP) is 4.70. The van der Waals surface area contributed by atoms with Crippen molar-refractivity contribution >= 4 is 23.4 Å². The van der Waals surface area contributed by atoms with E-state index in [1.807, 2.05) is 0 Å². The summed E-state index contributed by atoms with van der Waals surface area (Å²) in [5.41, 5.74) is 3.77. The number of carbonyl (C=O) groups excluding carboxylic acids is 3. The third-order valence-electron chi connectivity index (χ3n) is 8.55. The molecule has 0 spiro atoms. The number of hydrogen-bond acceptors (Lipinski definition) is 3. The minimum Gasteiger partial charge on any atom is -0.326 e. The molecule has 2 aromatic rings. The van der Waals surface area contributed by atoms with E-state index >= 15 is 0 Å². The molecule has 1 heterocycles. The van der Waals surface area contributed by atoms with E-state index in [1.54, 1.807) is 18.2 Å². The van der Waals surface area contributed by atoms with Crippen LogP contribution in [-0.2, 0) is 10.2 Å². The predicted molar refractivity (Wildman–Crippen MR) is 121 cm³/mol. The van der Waals surface area contributed by atoms with Gasteiger partial charge in [0.15, 0.2) is 0 Å². The fraction of sp³-hybridized carbons (Fsp3) is 0.444. The van der Waals surface area contributed by atoms with Gasteiger partial charge in [0.2, 0.25) is 5.91 Å². The Kier molecular flexibility index (Phi) is 4.02. The second-order valence-electron chi connectivity index (χ2n) is 10.8. The van der Waals surface area contributed by atoms with Crippen molar-refractivity contribution in [2.45, 2.75) is 50.9 Å². The van der Waals surface area contributed by atoms with Gasteiger partial charge in [0.05, 0.1) is 16.5 Å². The number of aryl methyl sites for hydroxylation is 1. The van der Waals surface area contributed by atoms with Crippen LogP contribution in [0.2, 0.25) is 0 Å². The Labute approximate surface area is 188 Å². The molecule has 4 fully saturated rings. The summed E-state index contributed by atoms with van der Waals surface area (Å²) in [5.74, 6) is 0.665. The van der Waals surface area contributed by atoms with Crippen molar-refractivity contribution in [1.29, 1.82) is 0 Å². The van der Waals surface area contributed by atoms with Gasteiger partial charge in [0.1, 0.15) is 0 Å². The van der Waals surface area contributed by atoms with Crippen molar-refractivity contribution in [3.63, 3.8) is 0 Å². The number of hydrogen-bond donors (Lipinski definition) is 1. The summed E-state index contributed by atoms with van der Waals surface area (Å²) in [6, 6.07) is 14.0. The maximum atomic E-state index is 13.7. The number of nitrogens with zero attached hydrogens (tertiary/aromatic N) is 1. The highest BCUT2D eigenvalue weighted by Gasteiger charge is 2.60. The standard InChI is InChI=1S/C27H28N2O3/c1-16-3-5-19(6-4-16)26-11-17-9-18(12-26)14-27(13-17,15-26)25(32)28-20-7-8-21-22(10-20)24(31)29(2)23(21)30/h3-8,10,17-18H,9,11-15H2,1-2H3,(H,28,32)/t17-,18-,26?,27?/m1/s1. The zero-order valence-electron chi connectivity index (χ0n) is 18.6. The number of carbonyl (C=O) groups is 3. The number of nitrogens with one attached hydrogen (secondary N) is 1. The summed E-state index contributed by atoms with van der Waals surface area (Å²) in [6.07, 6.45) is 6.41. The van der Waals surface area contributed by atoms with E-state index in [-0.39, 0.29) is 28.6 Å². The second kappa shape index (κ2) is 6.53. The van der Waals surface area contributed by atoms with Gasteiger partial charge in [0.25, 0.3) is 11.8 Å². The maximum absolute atomic E-state index is 13.7. The molecule has 5 nitrogen and oxygen atoms in total. The van der Waals surface area contributed by atoms with Crippen LogP contribution in [0.25, 0.3) is 0 Å². The van der Waals surface area contributed by atoms with Crippen molar-refractivity contribution in [3.05, 3.63) is 64.7 Å². The van der Waals surface area contributed by atoms with Gasteiger partial charge < -0.3 is 5.32 Å². The van der Waals surface area contributed by atoms with Crippen LogP contribution in [0.15, 0.2) is 42.5 Å². The van der Waals surface area contributed by atoms with Gasteiger partial charge in [-0.2, -0.15) is 0 Å². The lowest BCUT2D eigenvalue weighted by atomic mass is 9.42. The normalized spacial score (nSPS) is 32.4. The summed E-state index contributed by atoms with van der Waals surface area (Å²) in [6.45, 7) is 2.12. The van der Waals surface area contributed by atoms with Crippen molar-refractivity contribution in [2.24, 2.45) is 17.3 Å². The third kappa shape index (κ3) is 2.73. The summed E-state index contributed by atoms with van der Waals surface area (Å²) in [4.78, 5) is 39.4. The molecular formula is C27H28N2O3. The van der Waals surface area contributed by atoms with E-state index in [2.05, 4.69) is 36.5 Å². The molecule has 0 unspecified atom stereocenters. The van der Waals surface area contributed by atoms with E-state index < -0.39 is 0 Å². The lowest BCUT2D eigenvalue weighted by Gasteiger charge is -2.61. The highest BCUT2D eigenvalue weighted by molar-refractivity contribution is 6.21. The first-order valence-electron chi connectivity index (χ1n) is 11.6. The zero-order valence-corrected chi connectivity index (χ0v) is 18.6. The molecule has 32 heavy (non-hydrogen) atoms. The lowest BCUT2D eigenvalue weighted by molar-refractivity contribution is -0.143. The molecule has 164 valence electrons. The lowest BCUT2D eigenvalue weighted by Crippen LogP contribution is -2.57. The van der Waals surface area contributed by atoms with E-state index in [1.165, 1.54) is 37.4 Å². The van der Waals surface area contributed by atoms with Crippen LogP contribution in [0.1, 0.15) is 70.4 Å². The highest BCUT2D eigenvalue weighted by atomic mass is 16.2. The molecular weight excluding hydrogens is 400 g/mol. The van der Waals surface area contributed by atoms with E-state index in [0.717, 1.165) is 24.2 Å². The first kappa shape index (κ1) is 19.7. The number of benzene rings is 2. The van der Waals surface area contributed by atoms with Crippen LogP contribution in [-0.4, -0.2) is 29.7 Å². The van der Waals surface area contributed by atoms with Gasteiger partial charge >= 0.3 is 0 Å². The SMILES string of the molecule is Cc1ccc(C23C[C@H]4C[C@@H](CC(C(=O)Nc5ccc6c(c5)C(=O)N(C)C6=O)(C4)C2)C3)cc1.